The van der Waals surface area contributed by atoms with Crippen LogP contribution in [-0.4, -0.2) is 10.5 Å². The lowest BCUT2D eigenvalue weighted by Crippen LogP contribution is -2.28. The van der Waals surface area contributed by atoms with E-state index in [1.54, 1.807) is 6.07 Å². The van der Waals surface area contributed by atoms with Crippen molar-refractivity contribution in [2.75, 3.05) is 5.73 Å². The molecule has 2 aromatic rings. The Morgan fingerprint density at radius 3 is 2.76 bits per heavy atom. The van der Waals surface area contributed by atoms with E-state index >= 15 is 0 Å². The fraction of sp³-hybridized carbons (Fsp3) is 0.353. The lowest BCUT2D eigenvalue weighted by atomic mass is 10.0. The van der Waals surface area contributed by atoms with Gasteiger partial charge in [-0.2, -0.15) is 0 Å². The zero-order valence-electron chi connectivity index (χ0n) is 12.5. The predicted molar refractivity (Wildman–Crippen MR) is 84.2 cm³/mol. The lowest BCUT2D eigenvalue weighted by molar-refractivity contribution is 0.0930. The number of hydrogen-bond donors (Lipinski definition) is 2. The van der Waals surface area contributed by atoms with Gasteiger partial charge in [-0.3, -0.25) is 4.79 Å². The normalized spacial score (nSPS) is 15.7. The second-order valence-electron chi connectivity index (χ2n) is 5.85. The lowest BCUT2D eigenvalue weighted by Gasteiger charge is -2.17. The van der Waals surface area contributed by atoms with Crippen molar-refractivity contribution >= 4 is 11.6 Å². The molecule has 1 unspecified atom stereocenters. The largest absolute Gasteiger partial charge is 0.397 e. The zero-order chi connectivity index (χ0) is 15.0. The molecule has 4 nitrogen and oxygen atoms in total. The van der Waals surface area contributed by atoms with E-state index < -0.39 is 0 Å². The Labute approximate surface area is 125 Å². The molecule has 1 heterocycles. The van der Waals surface area contributed by atoms with Crippen LogP contribution in [0.1, 0.15) is 53.5 Å². The quantitative estimate of drug-likeness (QED) is 0.905. The van der Waals surface area contributed by atoms with Gasteiger partial charge in [0.05, 0.1) is 11.7 Å². The van der Waals surface area contributed by atoms with Gasteiger partial charge in [0.2, 0.25) is 0 Å². The third kappa shape index (κ3) is 2.79. The van der Waals surface area contributed by atoms with Crippen molar-refractivity contribution in [3.8, 4) is 0 Å². The molecule has 1 amide bonds. The molecule has 1 aromatic heterocycles. The first-order chi connectivity index (χ1) is 10.1. The Hall–Kier alpha value is -2.23. The smallest absolute Gasteiger partial charge is 0.268 e. The molecule has 4 heteroatoms. The van der Waals surface area contributed by atoms with Gasteiger partial charge < -0.3 is 15.6 Å². The van der Waals surface area contributed by atoms with Crippen LogP contribution in [-0.2, 0) is 0 Å². The number of amides is 1. The molecule has 1 aromatic carbocycles. The van der Waals surface area contributed by atoms with Gasteiger partial charge in [-0.05, 0) is 43.9 Å². The summed E-state index contributed by atoms with van der Waals surface area (Å²) in [5.41, 5.74) is 9.48. The van der Waals surface area contributed by atoms with Gasteiger partial charge in [0, 0.05) is 12.2 Å². The van der Waals surface area contributed by atoms with Crippen LogP contribution in [0.3, 0.4) is 0 Å². The fourth-order valence-electron chi connectivity index (χ4n) is 2.76. The first-order valence-electron chi connectivity index (χ1n) is 7.40. The molecule has 0 bridgehead atoms. The minimum atomic E-state index is -0.0608. The van der Waals surface area contributed by atoms with E-state index in [2.05, 4.69) is 24.4 Å². The maximum atomic E-state index is 12.5. The SMILES string of the molecule is Cc1ccccc1C(C)NC(=O)c1cc(N)cn1C1CC1. The highest BCUT2D eigenvalue weighted by atomic mass is 16.2. The standard InChI is InChI=1S/C17H21N3O/c1-11-5-3-4-6-15(11)12(2)19-17(21)16-9-13(18)10-20(16)14-7-8-14/h3-6,9-10,12,14H,7-8,18H2,1-2H3,(H,19,21). The molecule has 21 heavy (non-hydrogen) atoms. The summed E-state index contributed by atoms with van der Waals surface area (Å²) in [4.78, 5) is 12.5. The molecule has 0 spiro atoms. The van der Waals surface area contributed by atoms with E-state index in [4.69, 9.17) is 5.73 Å². The highest BCUT2D eigenvalue weighted by molar-refractivity contribution is 5.94. The predicted octanol–water partition coefficient (Wildman–Crippen LogP) is 3.20. The van der Waals surface area contributed by atoms with Gasteiger partial charge >= 0.3 is 0 Å². The number of nitrogens with one attached hydrogen (secondary N) is 1. The average Bonchev–Trinajstić information content (AvgIpc) is 3.21. The van der Waals surface area contributed by atoms with Crippen molar-refractivity contribution in [3.05, 3.63) is 53.3 Å². The molecule has 1 aliphatic rings. The highest BCUT2D eigenvalue weighted by Gasteiger charge is 2.28. The van der Waals surface area contributed by atoms with Crippen molar-refractivity contribution in [3.63, 3.8) is 0 Å². The van der Waals surface area contributed by atoms with E-state index in [-0.39, 0.29) is 11.9 Å². The maximum absolute atomic E-state index is 12.5. The third-order valence-corrected chi connectivity index (χ3v) is 4.05. The first kappa shape index (κ1) is 13.7. The monoisotopic (exact) mass is 283 g/mol. The van der Waals surface area contributed by atoms with Crippen LogP contribution >= 0.6 is 0 Å². The van der Waals surface area contributed by atoms with E-state index in [1.807, 2.05) is 29.8 Å². The molecule has 1 fully saturated rings. The number of hydrogen-bond acceptors (Lipinski definition) is 2. The van der Waals surface area contributed by atoms with Crippen LogP contribution in [0.4, 0.5) is 5.69 Å². The van der Waals surface area contributed by atoms with E-state index in [0.717, 1.165) is 18.4 Å². The molecule has 0 saturated heterocycles. The minimum absolute atomic E-state index is 0.0255. The van der Waals surface area contributed by atoms with Crippen molar-refractivity contribution in [2.24, 2.45) is 0 Å². The Morgan fingerprint density at radius 2 is 2.10 bits per heavy atom. The van der Waals surface area contributed by atoms with Crippen molar-refractivity contribution in [1.82, 2.24) is 9.88 Å². The van der Waals surface area contributed by atoms with E-state index in [1.165, 1.54) is 5.56 Å². The minimum Gasteiger partial charge on any atom is -0.397 e. The molecule has 1 aliphatic carbocycles. The maximum Gasteiger partial charge on any atom is 0.268 e. The molecule has 1 saturated carbocycles. The zero-order valence-corrected chi connectivity index (χ0v) is 12.5. The fourth-order valence-corrected chi connectivity index (χ4v) is 2.76. The summed E-state index contributed by atoms with van der Waals surface area (Å²) in [6.07, 6.45) is 4.12. The van der Waals surface area contributed by atoms with Crippen LogP contribution in [0, 0.1) is 6.92 Å². The summed E-state index contributed by atoms with van der Waals surface area (Å²) in [7, 11) is 0. The number of rotatable bonds is 4. The number of nitrogens with two attached hydrogens (primary N) is 1. The average molecular weight is 283 g/mol. The molecule has 0 aliphatic heterocycles. The number of carbonyl (C=O) groups excluding carboxylic acids is 1. The second kappa shape index (κ2) is 5.28. The summed E-state index contributed by atoms with van der Waals surface area (Å²) in [5.74, 6) is -0.0608. The second-order valence-corrected chi connectivity index (χ2v) is 5.85. The van der Waals surface area contributed by atoms with Crippen LogP contribution in [0.5, 0.6) is 0 Å². The van der Waals surface area contributed by atoms with Crippen LogP contribution in [0.25, 0.3) is 0 Å². The number of benzene rings is 1. The summed E-state index contributed by atoms with van der Waals surface area (Å²) in [6.45, 7) is 4.07. The van der Waals surface area contributed by atoms with Crippen molar-refractivity contribution < 1.29 is 4.79 Å². The topological polar surface area (TPSA) is 60.1 Å². The summed E-state index contributed by atoms with van der Waals surface area (Å²) in [6, 6.07) is 10.3. The number of anilines is 1. The molecular weight excluding hydrogens is 262 g/mol. The molecule has 110 valence electrons. The van der Waals surface area contributed by atoms with Gasteiger partial charge in [-0.1, -0.05) is 24.3 Å². The Balaban J connectivity index is 1.79. The van der Waals surface area contributed by atoms with Crippen molar-refractivity contribution in [2.45, 2.75) is 38.8 Å². The molecule has 1 atom stereocenters. The Kier molecular flexibility index (Phi) is 3.45. The number of aryl methyl sites for hydroxylation is 1. The van der Waals surface area contributed by atoms with Crippen LogP contribution < -0.4 is 11.1 Å². The molecular formula is C17H21N3O. The first-order valence-corrected chi connectivity index (χ1v) is 7.40. The third-order valence-electron chi connectivity index (χ3n) is 4.05. The molecule has 3 rings (SSSR count). The van der Waals surface area contributed by atoms with Crippen LogP contribution in [0.2, 0.25) is 0 Å². The van der Waals surface area contributed by atoms with E-state index in [9.17, 15) is 4.79 Å². The summed E-state index contributed by atoms with van der Waals surface area (Å²) >= 11 is 0. The number of carbonyl (C=O) groups is 1. The van der Waals surface area contributed by atoms with Gasteiger partial charge in [-0.25, -0.2) is 0 Å². The van der Waals surface area contributed by atoms with Crippen molar-refractivity contribution in [1.29, 1.82) is 0 Å². The van der Waals surface area contributed by atoms with Gasteiger partial charge in [0.25, 0.3) is 5.91 Å². The Bertz CT molecular complexity index is 670. The Morgan fingerprint density at radius 1 is 1.38 bits per heavy atom. The van der Waals surface area contributed by atoms with E-state index in [0.29, 0.717) is 17.4 Å². The van der Waals surface area contributed by atoms with Gasteiger partial charge in [0.1, 0.15) is 5.69 Å². The highest BCUT2D eigenvalue weighted by Crippen LogP contribution is 2.37. The number of nitrogen functional groups attached to an aromatic ring is 1. The number of aromatic nitrogens is 1. The molecule has 3 N–H and O–H groups in total. The van der Waals surface area contributed by atoms with Gasteiger partial charge in [0.15, 0.2) is 0 Å². The number of nitrogens with zero attached hydrogens (tertiary/aromatic N) is 1. The summed E-state index contributed by atoms with van der Waals surface area (Å²) < 4.78 is 2.01. The van der Waals surface area contributed by atoms with Gasteiger partial charge in [-0.15, -0.1) is 0 Å². The summed E-state index contributed by atoms with van der Waals surface area (Å²) in [5, 5.41) is 3.07. The van der Waals surface area contributed by atoms with Crippen LogP contribution in [0.15, 0.2) is 36.5 Å². The molecule has 0 radical (unpaired) electrons.